The number of fused-ring (bicyclic) bond motifs is 1. The summed E-state index contributed by atoms with van der Waals surface area (Å²) in [5, 5.41) is 3.57. The molecular weight excluding hydrogens is 292 g/mol. The largest absolute Gasteiger partial charge is 0.324 e. The molecule has 102 valence electrons. The molecular formula is C15H13ClN2OS. The molecule has 0 saturated carbocycles. The molecule has 3 nitrogen and oxygen atoms in total. The van der Waals surface area contributed by atoms with E-state index in [1.165, 1.54) is 0 Å². The molecule has 0 aliphatic carbocycles. The van der Waals surface area contributed by atoms with E-state index in [-0.39, 0.29) is 5.91 Å². The van der Waals surface area contributed by atoms with Crippen LogP contribution in [0, 0.1) is 0 Å². The summed E-state index contributed by atoms with van der Waals surface area (Å²) in [7, 11) is 0. The fourth-order valence-electron chi connectivity index (χ4n) is 2.13. The highest BCUT2D eigenvalue weighted by Crippen LogP contribution is 2.34. The van der Waals surface area contributed by atoms with Gasteiger partial charge in [0.2, 0.25) is 5.91 Å². The number of amides is 1. The van der Waals surface area contributed by atoms with Crippen LogP contribution < -0.4 is 11.1 Å². The Balaban J connectivity index is 1.76. The van der Waals surface area contributed by atoms with Crippen molar-refractivity contribution >= 4 is 35.0 Å². The second kappa shape index (κ2) is 5.48. The number of benzene rings is 2. The van der Waals surface area contributed by atoms with Crippen LogP contribution in [0.25, 0.3) is 0 Å². The first-order valence-electron chi connectivity index (χ1n) is 6.22. The number of carbonyl (C=O) groups is 1. The summed E-state index contributed by atoms with van der Waals surface area (Å²) in [6.07, 6.45) is 0. The third kappa shape index (κ3) is 2.54. The smallest absolute Gasteiger partial charge is 0.245 e. The van der Waals surface area contributed by atoms with Gasteiger partial charge in [0.05, 0.1) is 0 Å². The van der Waals surface area contributed by atoms with Gasteiger partial charge in [0.25, 0.3) is 0 Å². The van der Waals surface area contributed by atoms with Crippen LogP contribution in [0.5, 0.6) is 0 Å². The number of anilines is 1. The fourth-order valence-corrected chi connectivity index (χ4v) is 3.35. The number of carbonyl (C=O) groups excluding carboxylic acids is 1. The minimum absolute atomic E-state index is 0.145. The highest BCUT2D eigenvalue weighted by molar-refractivity contribution is 7.98. The SMILES string of the molecule is NC1C(=O)Nc2cc(SCc3ccccc3Cl)ccc21. The molecule has 0 saturated heterocycles. The lowest BCUT2D eigenvalue weighted by molar-refractivity contribution is -0.116. The maximum absolute atomic E-state index is 11.5. The van der Waals surface area contributed by atoms with Crippen LogP contribution >= 0.6 is 23.4 Å². The topological polar surface area (TPSA) is 55.1 Å². The Morgan fingerprint density at radius 1 is 1.25 bits per heavy atom. The lowest BCUT2D eigenvalue weighted by Crippen LogP contribution is -2.19. The zero-order valence-corrected chi connectivity index (χ0v) is 12.2. The van der Waals surface area contributed by atoms with Crippen molar-refractivity contribution in [3.05, 3.63) is 58.6 Å². The van der Waals surface area contributed by atoms with Crippen molar-refractivity contribution < 1.29 is 4.79 Å². The van der Waals surface area contributed by atoms with Crippen molar-refractivity contribution in [3.63, 3.8) is 0 Å². The van der Waals surface area contributed by atoms with E-state index >= 15 is 0 Å². The molecule has 1 aliphatic heterocycles. The molecule has 0 aromatic heterocycles. The van der Waals surface area contributed by atoms with Crippen LogP contribution in [0.15, 0.2) is 47.4 Å². The van der Waals surface area contributed by atoms with Crippen LogP contribution in [-0.2, 0) is 10.5 Å². The monoisotopic (exact) mass is 304 g/mol. The Morgan fingerprint density at radius 2 is 2.05 bits per heavy atom. The number of halogens is 1. The van der Waals surface area contributed by atoms with E-state index in [0.717, 1.165) is 32.5 Å². The molecule has 1 unspecified atom stereocenters. The van der Waals surface area contributed by atoms with Crippen LogP contribution in [0.3, 0.4) is 0 Å². The van der Waals surface area contributed by atoms with Crippen molar-refractivity contribution in [2.45, 2.75) is 16.7 Å². The molecule has 1 aliphatic rings. The Kier molecular flexibility index (Phi) is 3.70. The molecule has 0 radical (unpaired) electrons. The minimum Gasteiger partial charge on any atom is -0.324 e. The van der Waals surface area contributed by atoms with Gasteiger partial charge in [0.15, 0.2) is 0 Å². The van der Waals surface area contributed by atoms with Gasteiger partial charge in [0.1, 0.15) is 6.04 Å². The summed E-state index contributed by atoms with van der Waals surface area (Å²) in [5.74, 6) is 0.645. The number of hydrogen-bond acceptors (Lipinski definition) is 3. The first kappa shape index (κ1) is 13.5. The minimum atomic E-state index is -0.549. The number of rotatable bonds is 3. The summed E-state index contributed by atoms with van der Waals surface area (Å²) in [6.45, 7) is 0. The van der Waals surface area contributed by atoms with E-state index in [2.05, 4.69) is 5.32 Å². The molecule has 2 aromatic rings. The lowest BCUT2D eigenvalue weighted by Gasteiger charge is -2.06. The van der Waals surface area contributed by atoms with Gasteiger partial charge < -0.3 is 11.1 Å². The molecule has 1 amide bonds. The molecule has 0 spiro atoms. The van der Waals surface area contributed by atoms with Crippen LogP contribution in [0.2, 0.25) is 5.02 Å². The van der Waals surface area contributed by atoms with E-state index in [0.29, 0.717) is 0 Å². The molecule has 3 N–H and O–H groups in total. The van der Waals surface area contributed by atoms with E-state index < -0.39 is 6.04 Å². The summed E-state index contributed by atoms with van der Waals surface area (Å²) in [4.78, 5) is 12.6. The second-order valence-corrected chi connectivity index (χ2v) is 6.05. The highest BCUT2D eigenvalue weighted by Gasteiger charge is 2.26. The Labute approximate surface area is 126 Å². The van der Waals surface area contributed by atoms with E-state index in [4.69, 9.17) is 17.3 Å². The summed E-state index contributed by atoms with van der Waals surface area (Å²) in [5.41, 5.74) is 8.56. The van der Waals surface area contributed by atoms with Crippen molar-refractivity contribution in [2.75, 3.05) is 5.32 Å². The normalized spacial score (nSPS) is 16.9. The Hall–Kier alpha value is -1.49. The van der Waals surface area contributed by atoms with Gasteiger partial charge in [-0.2, -0.15) is 0 Å². The van der Waals surface area contributed by atoms with Gasteiger partial charge in [-0.05, 0) is 23.8 Å². The Bertz CT molecular complexity index is 675. The number of thioether (sulfide) groups is 1. The van der Waals surface area contributed by atoms with Gasteiger partial charge >= 0.3 is 0 Å². The quantitative estimate of drug-likeness (QED) is 0.852. The Morgan fingerprint density at radius 3 is 2.85 bits per heavy atom. The number of hydrogen-bond donors (Lipinski definition) is 2. The average Bonchev–Trinajstić information content (AvgIpc) is 2.73. The van der Waals surface area contributed by atoms with Crippen molar-refractivity contribution in [3.8, 4) is 0 Å². The average molecular weight is 305 g/mol. The first-order chi connectivity index (χ1) is 9.65. The summed E-state index contributed by atoms with van der Waals surface area (Å²) >= 11 is 7.82. The molecule has 0 fully saturated rings. The molecule has 0 bridgehead atoms. The van der Waals surface area contributed by atoms with E-state index in [1.807, 2.05) is 42.5 Å². The first-order valence-corrected chi connectivity index (χ1v) is 7.58. The van der Waals surface area contributed by atoms with E-state index in [9.17, 15) is 4.79 Å². The van der Waals surface area contributed by atoms with Crippen molar-refractivity contribution in [1.82, 2.24) is 0 Å². The van der Waals surface area contributed by atoms with Gasteiger partial charge in [-0.15, -0.1) is 11.8 Å². The van der Waals surface area contributed by atoms with Gasteiger partial charge in [-0.1, -0.05) is 35.9 Å². The fraction of sp³-hybridized carbons (Fsp3) is 0.133. The maximum Gasteiger partial charge on any atom is 0.245 e. The standard InChI is InChI=1S/C15H13ClN2OS/c16-12-4-2-1-3-9(12)8-20-10-5-6-11-13(7-10)18-15(19)14(11)17/h1-7,14H,8,17H2,(H,18,19). The zero-order chi connectivity index (χ0) is 14.1. The third-order valence-electron chi connectivity index (χ3n) is 3.25. The number of nitrogens with two attached hydrogens (primary N) is 1. The molecule has 1 heterocycles. The van der Waals surface area contributed by atoms with Gasteiger partial charge in [-0.25, -0.2) is 0 Å². The summed E-state index contributed by atoms with van der Waals surface area (Å²) in [6, 6.07) is 13.1. The summed E-state index contributed by atoms with van der Waals surface area (Å²) < 4.78 is 0. The third-order valence-corrected chi connectivity index (χ3v) is 4.66. The molecule has 3 rings (SSSR count). The second-order valence-electron chi connectivity index (χ2n) is 4.60. The van der Waals surface area contributed by atoms with Crippen molar-refractivity contribution in [1.29, 1.82) is 0 Å². The maximum atomic E-state index is 11.5. The predicted molar refractivity (Wildman–Crippen MR) is 83.0 cm³/mol. The van der Waals surface area contributed by atoms with Crippen LogP contribution in [0.1, 0.15) is 17.2 Å². The number of nitrogens with one attached hydrogen (secondary N) is 1. The predicted octanol–water partition coefficient (Wildman–Crippen LogP) is 3.58. The van der Waals surface area contributed by atoms with Gasteiger partial charge in [-0.3, -0.25) is 4.79 Å². The zero-order valence-electron chi connectivity index (χ0n) is 10.6. The molecule has 5 heteroatoms. The highest BCUT2D eigenvalue weighted by atomic mass is 35.5. The van der Waals surface area contributed by atoms with Gasteiger partial charge in [0, 0.05) is 26.9 Å². The molecule has 1 atom stereocenters. The van der Waals surface area contributed by atoms with Crippen LogP contribution in [0.4, 0.5) is 5.69 Å². The van der Waals surface area contributed by atoms with Crippen molar-refractivity contribution in [2.24, 2.45) is 5.73 Å². The van der Waals surface area contributed by atoms with E-state index in [1.54, 1.807) is 11.8 Å². The molecule has 20 heavy (non-hydrogen) atoms. The van der Waals surface area contributed by atoms with Crippen LogP contribution in [-0.4, -0.2) is 5.91 Å². The lowest BCUT2D eigenvalue weighted by atomic mass is 10.1. The molecule has 2 aromatic carbocycles.